The number of aromatic nitrogens is 3. The largest absolute Gasteiger partial charge is 0.341 e. The molecule has 33 heavy (non-hydrogen) atoms. The molecule has 158 valence electrons. The van der Waals surface area contributed by atoms with Crippen LogP contribution in [0.3, 0.4) is 0 Å². The van der Waals surface area contributed by atoms with E-state index in [9.17, 15) is 0 Å². The first-order valence-corrected chi connectivity index (χ1v) is 11.6. The van der Waals surface area contributed by atoms with Crippen molar-refractivity contribution >= 4 is 49.1 Å². The summed E-state index contributed by atoms with van der Waals surface area (Å²) in [5.74, 6) is 0. The van der Waals surface area contributed by atoms with Crippen LogP contribution in [0.15, 0.2) is 97.3 Å². The second-order valence-corrected chi connectivity index (χ2v) is 8.81. The van der Waals surface area contributed by atoms with E-state index >= 15 is 0 Å². The van der Waals surface area contributed by atoms with Gasteiger partial charge in [0.25, 0.3) is 0 Å². The third-order valence-corrected chi connectivity index (χ3v) is 6.98. The Labute approximate surface area is 191 Å². The lowest BCUT2D eigenvalue weighted by molar-refractivity contribution is 0.827. The van der Waals surface area contributed by atoms with Crippen LogP contribution in [0.25, 0.3) is 49.1 Å². The van der Waals surface area contributed by atoms with Gasteiger partial charge in [-0.1, -0.05) is 54.6 Å². The third kappa shape index (κ3) is 2.66. The summed E-state index contributed by atoms with van der Waals surface area (Å²) in [5.41, 5.74) is 7.51. The van der Waals surface area contributed by atoms with Crippen molar-refractivity contribution in [3.8, 4) is 0 Å². The molecule has 7 rings (SSSR count). The van der Waals surface area contributed by atoms with Crippen molar-refractivity contribution in [2.24, 2.45) is 0 Å². The van der Waals surface area contributed by atoms with Gasteiger partial charge < -0.3 is 4.57 Å². The van der Waals surface area contributed by atoms with E-state index in [4.69, 9.17) is 0 Å². The summed E-state index contributed by atoms with van der Waals surface area (Å²) in [4.78, 5) is 4.61. The number of rotatable bonds is 3. The molecule has 3 aromatic heterocycles. The van der Waals surface area contributed by atoms with Gasteiger partial charge in [-0.25, -0.2) is 4.98 Å². The van der Waals surface area contributed by atoms with E-state index in [1.807, 2.05) is 6.20 Å². The van der Waals surface area contributed by atoms with E-state index in [-0.39, 0.29) is 0 Å². The summed E-state index contributed by atoms with van der Waals surface area (Å²) >= 11 is 0. The topological polar surface area (TPSA) is 22.2 Å². The van der Waals surface area contributed by atoms with E-state index in [1.54, 1.807) is 0 Å². The summed E-state index contributed by atoms with van der Waals surface area (Å²) in [7, 11) is 0. The first-order chi connectivity index (χ1) is 16.3. The first kappa shape index (κ1) is 18.5. The zero-order valence-electron chi connectivity index (χ0n) is 18.5. The van der Waals surface area contributed by atoms with Gasteiger partial charge >= 0.3 is 0 Å². The van der Waals surface area contributed by atoms with Crippen molar-refractivity contribution < 1.29 is 0 Å². The summed E-state index contributed by atoms with van der Waals surface area (Å²) in [6, 6.07) is 31.1. The number of nitrogens with zero attached hydrogens (tertiary/aromatic N) is 3. The molecule has 0 spiro atoms. The predicted molar refractivity (Wildman–Crippen MR) is 138 cm³/mol. The van der Waals surface area contributed by atoms with E-state index in [0.29, 0.717) is 0 Å². The zero-order chi connectivity index (χ0) is 21.9. The monoisotopic (exact) mass is 425 g/mol. The van der Waals surface area contributed by atoms with Gasteiger partial charge in [0, 0.05) is 51.5 Å². The fraction of sp³-hybridized carbons (Fsp3) is 0.100. The molecule has 0 N–H and O–H groups in total. The number of hydrogen-bond acceptors (Lipinski definition) is 1. The molecule has 0 saturated heterocycles. The fourth-order valence-electron chi connectivity index (χ4n) is 5.52. The van der Waals surface area contributed by atoms with Crippen LogP contribution >= 0.6 is 0 Å². The molecule has 0 unspecified atom stereocenters. The van der Waals surface area contributed by atoms with E-state index in [1.165, 1.54) is 54.6 Å². The molecule has 0 bridgehead atoms. The predicted octanol–water partition coefficient (Wildman–Crippen LogP) is 7.36. The van der Waals surface area contributed by atoms with Crippen molar-refractivity contribution in [1.82, 2.24) is 14.0 Å². The highest BCUT2D eigenvalue weighted by molar-refractivity contribution is 6.12. The Kier molecular flexibility index (Phi) is 3.88. The van der Waals surface area contributed by atoms with Crippen molar-refractivity contribution in [2.75, 3.05) is 0 Å². The van der Waals surface area contributed by atoms with Gasteiger partial charge in [0.2, 0.25) is 0 Å². The molecular formula is C30H23N3. The molecule has 0 fully saturated rings. The molecule has 7 aromatic rings. The highest BCUT2D eigenvalue weighted by Gasteiger charge is 2.12. The fourth-order valence-corrected chi connectivity index (χ4v) is 5.52. The van der Waals surface area contributed by atoms with Crippen LogP contribution in [0.2, 0.25) is 0 Å². The maximum absolute atomic E-state index is 4.61. The molecule has 0 aliphatic carbocycles. The average molecular weight is 426 g/mol. The highest BCUT2D eigenvalue weighted by Crippen LogP contribution is 2.32. The van der Waals surface area contributed by atoms with Gasteiger partial charge in [-0.2, -0.15) is 0 Å². The molecule has 3 nitrogen and oxygen atoms in total. The number of imidazole rings is 1. The zero-order valence-corrected chi connectivity index (χ0v) is 18.5. The Hall–Kier alpha value is -4.11. The lowest BCUT2D eigenvalue weighted by Gasteiger charge is -2.10. The summed E-state index contributed by atoms with van der Waals surface area (Å²) in [6.45, 7) is 3.19. The van der Waals surface area contributed by atoms with Crippen molar-refractivity contribution in [2.45, 2.75) is 19.9 Å². The smallest absolute Gasteiger partial charge is 0.145 e. The molecule has 0 amide bonds. The SMILES string of the molecule is CCn1c2ccccc2c2cc(Cc3ccc4c(c3)c3ccccc3c3nccn43)ccc21. The minimum Gasteiger partial charge on any atom is -0.341 e. The second kappa shape index (κ2) is 6.94. The van der Waals surface area contributed by atoms with Crippen LogP contribution in [-0.4, -0.2) is 14.0 Å². The molecule has 3 heteroatoms. The Morgan fingerprint density at radius 2 is 1.27 bits per heavy atom. The van der Waals surface area contributed by atoms with Crippen molar-refractivity contribution in [1.29, 1.82) is 0 Å². The highest BCUT2D eigenvalue weighted by atomic mass is 15.0. The summed E-state index contributed by atoms with van der Waals surface area (Å²) < 4.78 is 4.61. The van der Waals surface area contributed by atoms with Crippen LogP contribution in [-0.2, 0) is 13.0 Å². The van der Waals surface area contributed by atoms with E-state index in [0.717, 1.165) is 18.6 Å². The van der Waals surface area contributed by atoms with Crippen LogP contribution in [0.5, 0.6) is 0 Å². The van der Waals surface area contributed by atoms with Gasteiger partial charge in [0.1, 0.15) is 5.65 Å². The normalized spacial score (nSPS) is 12.0. The summed E-state index contributed by atoms with van der Waals surface area (Å²) in [5, 5.41) is 6.41. The Morgan fingerprint density at radius 3 is 2.06 bits per heavy atom. The molecule has 0 aliphatic rings. The Morgan fingerprint density at radius 1 is 0.636 bits per heavy atom. The molecular weight excluding hydrogens is 402 g/mol. The van der Waals surface area contributed by atoms with Gasteiger partial charge in [-0.05, 0) is 60.2 Å². The molecule has 0 radical (unpaired) electrons. The van der Waals surface area contributed by atoms with Gasteiger partial charge in [-0.15, -0.1) is 0 Å². The number of pyridine rings is 1. The Bertz CT molecular complexity index is 1830. The minimum atomic E-state index is 0.911. The molecule has 0 aliphatic heterocycles. The number of para-hydroxylation sites is 1. The third-order valence-electron chi connectivity index (χ3n) is 6.98. The number of hydrogen-bond donors (Lipinski definition) is 0. The van der Waals surface area contributed by atoms with Crippen molar-refractivity contribution in [3.63, 3.8) is 0 Å². The first-order valence-electron chi connectivity index (χ1n) is 11.6. The lowest BCUT2D eigenvalue weighted by atomic mass is 9.99. The maximum Gasteiger partial charge on any atom is 0.145 e. The lowest BCUT2D eigenvalue weighted by Crippen LogP contribution is -1.94. The number of fused-ring (bicyclic) bond motifs is 9. The number of aryl methyl sites for hydroxylation is 1. The van der Waals surface area contributed by atoms with Crippen LogP contribution in [0.4, 0.5) is 0 Å². The second-order valence-electron chi connectivity index (χ2n) is 8.81. The van der Waals surface area contributed by atoms with Gasteiger partial charge in [-0.3, -0.25) is 4.40 Å². The molecule has 4 aromatic carbocycles. The van der Waals surface area contributed by atoms with Crippen LogP contribution in [0, 0.1) is 0 Å². The average Bonchev–Trinajstić information content (AvgIpc) is 3.47. The maximum atomic E-state index is 4.61. The van der Waals surface area contributed by atoms with E-state index < -0.39 is 0 Å². The standard InChI is InChI=1S/C30H23N3/c1-2-32-27-10-6-5-8-23(27)26-19-21(11-13-28(26)32)17-20-12-14-29-25(18-20)22-7-3-4-9-24(22)30-31-15-16-33(29)30/h3-16,18-19H,2,17H2,1H3. The minimum absolute atomic E-state index is 0.911. The summed E-state index contributed by atoms with van der Waals surface area (Å²) in [6.07, 6.45) is 4.85. The van der Waals surface area contributed by atoms with E-state index in [2.05, 4.69) is 112 Å². The van der Waals surface area contributed by atoms with Gasteiger partial charge in [0.15, 0.2) is 0 Å². The quantitative estimate of drug-likeness (QED) is 0.271. The van der Waals surface area contributed by atoms with Crippen LogP contribution < -0.4 is 0 Å². The van der Waals surface area contributed by atoms with Gasteiger partial charge in [0.05, 0.1) is 5.52 Å². The molecule has 0 saturated carbocycles. The Balaban J connectivity index is 1.40. The molecule has 0 atom stereocenters. The molecule has 3 heterocycles. The van der Waals surface area contributed by atoms with Crippen LogP contribution in [0.1, 0.15) is 18.1 Å². The van der Waals surface area contributed by atoms with Crippen molar-refractivity contribution in [3.05, 3.63) is 108 Å². The number of benzene rings is 4.